The number of halogens is 1. The summed E-state index contributed by atoms with van der Waals surface area (Å²) in [5.41, 5.74) is 7.22. The first-order valence-corrected chi connectivity index (χ1v) is 16.5. The number of pyridine rings is 1. The summed E-state index contributed by atoms with van der Waals surface area (Å²) in [6, 6.07) is 19.5. The van der Waals surface area contributed by atoms with Gasteiger partial charge in [0.05, 0.1) is 28.9 Å². The zero-order valence-electron chi connectivity index (χ0n) is 26.5. The van der Waals surface area contributed by atoms with Gasteiger partial charge < -0.3 is 24.2 Å². The Labute approximate surface area is 280 Å². The molecule has 9 heteroatoms. The Hall–Kier alpha value is -4.42. The van der Waals surface area contributed by atoms with Crippen molar-refractivity contribution in [1.82, 2.24) is 9.88 Å². The molecule has 8 nitrogen and oxygen atoms in total. The van der Waals surface area contributed by atoms with Crippen molar-refractivity contribution < 1.29 is 24.1 Å². The van der Waals surface area contributed by atoms with Crippen LogP contribution in [0.15, 0.2) is 67.0 Å². The van der Waals surface area contributed by atoms with Gasteiger partial charge in [0, 0.05) is 43.7 Å². The third-order valence-electron chi connectivity index (χ3n) is 9.00. The standard InChI is InChI=1S/C38H38ClN3O5/c1-25-30(5-3-8-35(25)45-16-4-13-42-14-11-29(44)12-15-42)31-6-2-7-33-32(31)9-10-36(33)47-38-19-37(28(23-43)18-34(38)39)46-24-27-17-26(20-40)21-41-22-27/h2-3,5-8,17-19,21-23,29,36,44H,4,9-16,24H2,1H3/t36-/m0/s1. The second-order valence-corrected chi connectivity index (χ2v) is 12.5. The number of benzene rings is 3. The second-order valence-electron chi connectivity index (χ2n) is 12.1. The Kier molecular flexibility index (Phi) is 10.4. The molecule has 3 aromatic carbocycles. The quantitative estimate of drug-likeness (QED) is 0.126. The summed E-state index contributed by atoms with van der Waals surface area (Å²) in [7, 11) is 0. The highest BCUT2D eigenvalue weighted by atomic mass is 35.5. The van der Waals surface area contributed by atoms with Gasteiger partial charge in [-0.3, -0.25) is 9.78 Å². The molecule has 0 saturated carbocycles. The van der Waals surface area contributed by atoms with Crippen molar-refractivity contribution in [3.8, 4) is 34.4 Å². The lowest BCUT2D eigenvalue weighted by molar-refractivity contribution is 0.0800. The van der Waals surface area contributed by atoms with Gasteiger partial charge in [-0.15, -0.1) is 0 Å². The number of fused-ring (bicyclic) bond motifs is 1. The number of aliphatic hydroxyl groups is 1. The smallest absolute Gasteiger partial charge is 0.153 e. The maximum absolute atomic E-state index is 11.8. The molecular weight excluding hydrogens is 614 g/mol. The molecule has 1 aliphatic carbocycles. The average Bonchev–Trinajstić information content (AvgIpc) is 3.51. The van der Waals surface area contributed by atoms with Gasteiger partial charge in [0.2, 0.25) is 0 Å². The molecule has 0 radical (unpaired) electrons. The van der Waals surface area contributed by atoms with Crippen LogP contribution in [0.25, 0.3) is 11.1 Å². The Morgan fingerprint density at radius 1 is 1.02 bits per heavy atom. The minimum atomic E-state index is -0.218. The van der Waals surface area contributed by atoms with Gasteiger partial charge in [-0.2, -0.15) is 5.26 Å². The van der Waals surface area contributed by atoms with E-state index in [0.717, 1.165) is 74.2 Å². The van der Waals surface area contributed by atoms with Crippen LogP contribution in [0.1, 0.15) is 70.0 Å². The molecule has 1 N–H and O–H groups in total. The molecule has 1 saturated heterocycles. The number of carbonyl (C=O) groups is 1. The normalized spacial score (nSPS) is 16.3. The summed E-state index contributed by atoms with van der Waals surface area (Å²) in [5, 5.41) is 19.3. The van der Waals surface area contributed by atoms with E-state index in [2.05, 4.69) is 53.2 Å². The van der Waals surface area contributed by atoms with Crippen molar-refractivity contribution in [3.05, 3.63) is 105 Å². The van der Waals surface area contributed by atoms with E-state index < -0.39 is 0 Å². The van der Waals surface area contributed by atoms with Crippen LogP contribution < -0.4 is 14.2 Å². The lowest BCUT2D eigenvalue weighted by Crippen LogP contribution is -2.36. The molecule has 1 fully saturated rings. The van der Waals surface area contributed by atoms with Crippen LogP contribution in [-0.2, 0) is 13.0 Å². The number of aliphatic hydroxyl groups excluding tert-OH is 1. The van der Waals surface area contributed by atoms with E-state index in [-0.39, 0.29) is 18.8 Å². The number of hydrogen-bond donors (Lipinski definition) is 1. The predicted octanol–water partition coefficient (Wildman–Crippen LogP) is 7.27. The molecule has 2 aliphatic rings. The Morgan fingerprint density at radius 3 is 2.64 bits per heavy atom. The maximum Gasteiger partial charge on any atom is 0.153 e. The number of rotatable bonds is 12. The topological polar surface area (TPSA) is 105 Å². The van der Waals surface area contributed by atoms with Crippen LogP contribution >= 0.6 is 11.6 Å². The maximum atomic E-state index is 11.8. The van der Waals surface area contributed by atoms with Gasteiger partial charge in [-0.05, 0) is 85.0 Å². The van der Waals surface area contributed by atoms with Gasteiger partial charge in [-0.1, -0.05) is 41.9 Å². The molecule has 47 heavy (non-hydrogen) atoms. The molecule has 1 aromatic heterocycles. The van der Waals surface area contributed by atoms with E-state index in [4.69, 9.17) is 25.8 Å². The Morgan fingerprint density at radius 2 is 1.83 bits per heavy atom. The molecule has 6 rings (SSSR count). The Balaban J connectivity index is 1.15. The molecule has 0 amide bonds. The fourth-order valence-corrected chi connectivity index (χ4v) is 6.68. The number of carbonyl (C=O) groups excluding carboxylic acids is 1. The monoisotopic (exact) mass is 651 g/mol. The second kappa shape index (κ2) is 15.0. The average molecular weight is 652 g/mol. The van der Waals surface area contributed by atoms with Gasteiger partial charge in [0.25, 0.3) is 0 Å². The number of ether oxygens (including phenoxy) is 3. The van der Waals surface area contributed by atoms with Crippen molar-refractivity contribution in [2.75, 3.05) is 26.2 Å². The predicted molar refractivity (Wildman–Crippen MR) is 180 cm³/mol. The summed E-state index contributed by atoms with van der Waals surface area (Å²) in [6.45, 7) is 5.75. The van der Waals surface area contributed by atoms with Crippen molar-refractivity contribution >= 4 is 17.9 Å². The molecule has 4 aromatic rings. The summed E-state index contributed by atoms with van der Waals surface area (Å²) >= 11 is 6.60. The zero-order chi connectivity index (χ0) is 32.8. The number of nitriles is 1. The molecule has 0 spiro atoms. The molecule has 0 bridgehead atoms. The summed E-state index contributed by atoms with van der Waals surface area (Å²) in [4.78, 5) is 18.3. The highest BCUT2D eigenvalue weighted by molar-refractivity contribution is 6.32. The zero-order valence-corrected chi connectivity index (χ0v) is 27.2. The van der Waals surface area contributed by atoms with E-state index in [1.54, 1.807) is 24.4 Å². The number of aldehydes is 1. The lowest BCUT2D eigenvalue weighted by atomic mass is 9.93. The third-order valence-corrected chi connectivity index (χ3v) is 9.30. The first kappa shape index (κ1) is 32.5. The summed E-state index contributed by atoms with van der Waals surface area (Å²) in [5.74, 6) is 1.67. The molecule has 2 heterocycles. The number of likely N-dealkylation sites (tertiary alicyclic amines) is 1. The van der Waals surface area contributed by atoms with Crippen LogP contribution in [0.4, 0.5) is 0 Å². The van der Waals surface area contributed by atoms with Crippen molar-refractivity contribution in [2.24, 2.45) is 0 Å². The van der Waals surface area contributed by atoms with Gasteiger partial charge in [0.15, 0.2) is 6.29 Å². The van der Waals surface area contributed by atoms with Crippen LogP contribution in [-0.4, -0.2) is 53.6 Å². The summed E-state index contributed by atoms with van der Waals surface area (Å²) < 4.78 is 18.7. The minimum Gasteiger partial charge on any atom is -0.493 e. The first-order chi connectivity index (χ1) is 22.9. The number of aromatic nitrogens is 1. The van der Waals surface area contributed by atoms with E-state index >= 15 is 0 Å². The van der Waals surface area contributed by atoms with Crippen LogP contribution in [0.5, 0.6) is 17.2 Å². The van der Waals surface area contributed by atoms with E-state index in [1.165, 1.54) is 17.3 Å². The van der Waals surface area contributed by atoms with Crippen LogP contribution in [0.2, 0.25) is 5.02 Å². The number of piperidine rings is 1. The minimum absolute atomic E-state index is 0.131. The Bertz CT molecular complexity index is 1780. The third kappa shape index (κ3) is 7.60. The molecule has 1 atom stereocenters. The van der Waals surface area contributed by atoms with Crippen molar-refractivity contribution in [2.45, 2.75) is 57.8 Å². The van der Waals surface area contributed by atoms with Crippen molar-refractivity contribution in [1.29, 1.82) is 5.26 Å². The first-order valence-electron chi connectivity index (χ1n) is 16.1. The van der Waals surface area contributed by atoms with Gasteiger partial charge in [0.1, 0.15) is 36.0 Å². The molecule has 0 unspecified atom stereocenters. The number of hydrogen-bond acceptors (Lipinski definition) is 8. The largest absolute Gasteiger partial charge is 0.493 e. The van der Waals surface area contributed by atoms with E-state index in [0.29, 0.717) is 46.1 Å². The summed E-state index contributed by atoms with van der Waals surface area (Å²) in [6.07, 6.45) is 7.70. The van der Waals surface area contributed by atoms with E-state index in [1.807, 2.05) is 6.07 Å². The highest BCUT2D eigenvalue weighted by Gasteiger charge is 2.28. The fourth-order valence-electron chi connectivity index (χ4n) is 6.47. The van der Waals surface area contributed by atoms with Crippen molar-refractivity contribution in [3.63, 3.8) is 0 Å². The van der Waals surface area contributed by atoms with Gasteiger partial charge in [-0.25, -0.2) is 0 Å². The molecular formula is C38H38ClN3O5. The fraction of sp³-hybridized carbons (Fsp3) is 0.342. The van der Waals surface area contributed by atoms with E-state index in [9.17, 15) is 15.2 Å². The van der Waals surface area contributed by atoms with Crippen LogP contribution in [0.3, 0.4) is 0 Å². The molecule has 242 valence electrons. The molecule has 1 aliphatic heterocycles. The van der Waals surface area contributed by atoms with Crippen LogP contribution in [0, 0.1) is 18.3 Å². The SMILES string of the molecule is Cc1c(OCCCN2CCC(O)CC2)cccc1-c1cccc2c1CC[C@@H]2Oc1cc(OCc2cncc(C#N)c2)c(C=O)cc1Cl. The highest BCUT2D eigenvalue weighted by Crippen LogP contribution is 2.44. The number of nitrogens with zero attached hydrogens (tertiary/aromatic N) is 3. The lowest BCUT2D eigenvalue weighted by Gasteiger charge is -2.29. The van der Waals surface area contributed by atoms with Gasteiger partial charge >= 0.3 is 0 Å².